The normalized spacial score (nSPS) is 25.9. The van der Waals surface area contributed by atoms with Crippen LogP contribution in [0.1, 0.15) is 42.9 Å². The maximum absolute atomic E-state index is 12.9. The average molecular weight is 399 g/mol. The summed E-state index contributed by atoms with van der Waals surface area (Å²) in [6, 6.07) is 18.5. The van der Waals surface area contributed by atoms with E-state index in [0.29, 0.717) is 12.6 Å². The quantitative estimate of drug-likeness (QED) is 0.822. The van der Waals surface area contributed by atoms with E-state index in [1.165, 1.54) is 0 Å². The molecule has 1 amide bonds. The molecule has 0 aliphatic carbocycles. The number of fused-ring (bicyclic) bond motifs is 1. The molecule has 2 fully saturated rings. The monoisotopic (exact) mass is 398 g/mol. The van der Waals surface area contributed by atoms with Crippen LogP contribution in [-0.4, -0.2) is 42.6 Å². The molecule has 0 bridgehead atoms. The van der Waals surface area contributed by atoms with Crippen molar-refractivity contribution >= 4 is 17.5 Å². The zero-order chi connectivity index (χ0) is 19.5. The maximum atomic E-state index is 12.9. The van der Waals surface area contributed by atoms with Crippen molar-refractivity contribution < 1.29 is 9.53 Å². The molecular weight excluding hydrogens is 372 g/mol. The summed E-state index contributed by atoms with van der Waals surface area (Å²) < 4.78 is 6.11. The summed E-state index contributed by atoms with van der Waals surface area (Å²) in [5.41, 5.74) is 2.25. The fraction of sp³-hybridized carbons (Fsp3) is 0.435. The van der Waals surface area contributed by atoms with E-state index in [1.807, 2.05) is 54.6 Å². The van der Waals surface area contributed by atoms with Crippen LogP contribution in [-0.2, 0) is 9.53 Å². The molecule has 2 aromatic carbocycles. The molecule has 28 heavy (non-hydrogen) atoms. The molecule has 4 nitrogen and oxygen atoms in total. The molecule has 0 radical (unpaired) electrons. The fourth-order valence-corrected chi connectivity index (χ4v) is 4.54. The molecule has 2 heterocycles. The van der Waals surface area contributed by atoms with Crippen LogP contribution < -0.4 is 5.32 Å². The second-order valence-corrected chi connectivity index (χ2v) is 8.23. The molecule has 148 valence electrons. The minimum atomic E-state index is -0.0862. The summed E-state index contributed by atoms with van der Waals surface area (Å²) in [4.78, 5) is 15.3. The van der Waals surface area contributed by atoms with Gasteiger partial charge in [0.05, 0.1) is 18.6 Å². The second kappa shape index (κ2) is 8.64. The molecule has 2 aliphatic rings. The van der Waals surface area contributed by atoms with Crippen molar-refractivity contribution in [2.45, 2.75) is 43.9 Å². The minimum Gasteiger partial charge on any atom is -0.371 e. The summed E-state index contributed by atoms with van der Waals surface area (Å²) in [6.45, 7) is 4.51. The summed E-state index contributed by atoms with van der Waals surface area (Å²) in [7, 11) is 0. The van der Waals surface area contributed by atoms with Gasteiger partial charge in [-0.2, -0.15) is 0 Å². The number of halogens is 1. The third kappa shape index (κ3) is 4.24. The number of amides is 1. The first kappa shape index (κ1) is 19.4. The highest BCUT2D eigenvalue weighted by Crippen LogP contribution is 2.31. The zero-order valence-electron chi connectivity index (χ0n) is 16.2. The third-order valence-electron chi connectivity index (χ3n) is 5.93. The molecule has 0 aromatic heterocycles. The molecule has 2 aliphatic heterocycles. The van der Waals surface area contributed by atoms with E-state index in [2.05, 4.69) is 17.1 Å². The number of benzene rings is 2. The van der Waals surface area contributed by atoms with Crippen LogP contribution in [0.2, 0.25) is 5.02 Å². The van der Waals surface area contributed by atoms with E-state index in [1.54, 1.807) is 0 Å². The molecule has 4 atom stereocenters. The van der Waals surface area contributed by atoms with E-state index >= 15 is 0 Å². The van der Waals surface area contributed by atoms with Crippen molar-refractivity contribution in [1.29, 1.82) is 0 Å². The van der Waals surface area contributed by atoms with Gasteiger partial charge in [-0.3, -0.25) is 9.69 Å². The Bertz CT molecular complexity index is 796. The number of nitrogens with zero attached hydrogens (tertiary/aromatic N) is 1. The largest absolute Gasteiger partial charge is 0.371 e. The predicted molar refractivity (Wildman–Crippen MR) is 112 cm³/mol. The first-order valence-corrected chi connectivity index (χ1v) is 10.5. The van der Waals surface area contributed by atoms with Crippen molar-refractivity contribution in [1.82, 2.24) is 10.2 Å². The van der Waals surface area contributed by atoms with Gasteiger partial charge in [0.15, 0.2) is 0 Å². The molecule has 2 aromatic rings. The van der Waals surface area contributed by atoms with Crippen LogP contribution in [0.25, 0.3) is 0 Å². The summed E-state index contributed by atoms with van der Waals surface area (Å²) in [6.07, 6.45) is 1.82. The molecule has 4 rings (SSSR count). The summed E-state index contributed by atoms with van der Waals surface area (Å²) in [5, 5.41) is 4.03. The molecule has 0 unspecified atom stereocenters. The van der Waals surface area contributed by atoms with Crippen LogP contribution in [0.15, 0.2) is 54.6 Å². The number of nitrogens with one attached hydrogen (secondary N) is 1. The van der Waals surface area contributed by atoms with Gasteiger partial charge >= 0.3 is 0 Å². The van der Waals surface area contributed by atoms with E-state index in [9.17, 15) is 4.79 Å². The van der Waals surface area contributed by atoms with Crippen LogP contribution in [0.4, 0.5) is 0 Å². The molecule has 2 saturated heterocycles. The highest BCUT2D eigenvalue weighted by atomic mass is 35.5. The second-order valence-electron chi connectivity index (χ2n) is 7.79. The highest BCUT2D eigenvalue weighted by molar-refractivity contribution is 6.30. The highest BCUT2D eigenvalue weighted by Gasteiger charge is 2.38. The Morgan fingerprint density at radius 2 is 1.93 bits per heavy atom. The summed E-state index contributed by atoms with van der Waals surface area (Å²) in [5.74, 6) is 0.0469. The number of carbonyl (C=O) groups excluding carboxylic acids is 1. The lowest BCUT2D eigenvalue weighted by Gasteiger charge is -2.35. The number of morpholine rings is 1. The molecular formula is C23H27ClN2O2. The van der Waals surface area contributed by atoms with Crippen molar-refractivity contribution in [3.05, 3.63) is 70.7 Å². The van der Waals surface area contributed by atoms with Crippen LogP contribution in [0, 0.1) is 0 Å². The Labute approximate surface area is 171 Å². The van der Waals surface area contributed by atoms with Gasteiger partial charge in [0.1, 0.15) is 0 Å². The van der Waals surface area contributed by atoms with E-state index < -0.39 is 0 Å². The SMILES string of the molecule is CC[C@@H](C(=O)N[C@H]1C[C@H]2CO[C@@H](c3ccc(Cl)cc3)CN2C1)c1ccccc1. The summed E-state index contributed by atoms with van der Waals surface area (Å²) >= 11 is 6.00. The number of ether oxygens (including phenoxy) is 1. The smallest absolute Gasteiger partial charge is 0.227 e. The fourth-order valence-electron chi connectivity index (χ4n) is 4.42. The van der Waals surface area contributed by atoms with E-state index in [0.717, 1.165) is 42.1 Å². The third-order valence-corrected chi connectivity index (χ3v) is 6.18. The number of rotatable bonds is 5. The Balaban J connectivity index is 1.36. The number of hydrogen-bond donors (Lipinski definition) is 1. The van der Waals surface area contributed by atoms with Crippen LogP contribution >= 0.6 is 11.6 Å². The van der Waals surface area contributed by atoms with E-state index in [-0.39, 0.29) is 24.0 Å². The lowest BCUT2D eigenvalue weighted by Crippen LogP contribution is -2.43. The lowest BCUT2D eigenvalue weighted by molar-refractivity contribution is -0.123. The average Bonchev–Trinajstić information content (AvgIpc) is 3.11. The molecule has 5 heteroatoms. The molecule has 1 N–H and O–H groups in total. The van der Waals surface area contributed by atoms with Crippen molar-refractivity contribution in [3.8, 4) is 0 Å². The Hall–Kier alpha value is -1.88. The van der Waals surface area contributed by atoms with Gasteiger partial charge in [0.2, 0.25) is 5.91 Å². The topological polar surface area (TPSA) is 41.6 Å². The Morgan fingerprint density at radius 1 is 1.18 bits per heavy atom. The van der Waals surface area contributed by atoms with Gasteiger partial charge in [-0.25, -0.2) is 0 Å². The van der Waals surface area contributed by atoms with Gasteiger partial charge in [0.25, 0.3) is 0 Å². The van der Waals surface area contributed by atoms with Gasteiger partial charge in [-0.1, -0.05) is 61.0 Å². The molecule has 0 saturated carbocycles. The maximum Gasteiger partial charge on any atom is 0.227 e. The lowest BCUT2D eigenvalue weighted by atomic mass is 9.95. The van der Waals surface area contributed by atoms with Crippen molar-refractivity contribution in [2.75, 3.05) is 19.7 Å². The van der Waals surface area contributed by atoms with E-state index in [4.69, 9.17) is 16.3 Å². The number of carbonyl (C=O) groups is 1. The Kier molecular flexibility index (Phi) is 6.00. The van der Waals surface area contributed by atoms with Crippen molar-refractivity contribution in [3.63, 3.8) is 0 Å². The zero-order valence-corrected chi connectivity index (χ0v) is 16.9. The first-order chi connectivity index (χ1) is 13.6. The van der Waals surface area contributed by atoms with Crippen molar-refractivity contribution in [2.24, 2.45) is 0 Å². The molecule has 0 spiro atoms. The number of hydrogen-bond acceptors (Lipinski definition) is 3. The first-order valence-electron chi connectivity index (χ1n) is 10.1. The van der Waals surface area contributed by atoms with Gasteiger partial charge in [-0.15, -0.1) is 0 Å². The van der Waals surface area contributed by atoms with Gasteiger partial charge in [0, 0.05) is 30.2 Å². The minimum absolute atomic E-state index is 0.0654. The van der Waals surface area contributed by atoms with Crippen LogP contribution in [0.3, 0.4) is 0 Å². The van der Waals surface area contributed by atoms with Crippen LogP contribution in [0.5, 0.6) is 0 Å². The Morgan fingerprint density at radius 3 is 2.64 bits per heavy atom. The standard InChI is InChI=1S/C23H27ClN2O2/c1-2-21(16-6-4-3-5-7-16)23(27)25-19-12-20-15-28-22(14-26(20)13-19)17-8-10-18(24)11-9-17/h3-11,19-22H,2,12-15H2,1H3,(H,25,27)/t19-,20-,21+,22+/m0/s1. The van der Waals surface area contributed by atoms with Gasteiger partial charge < -0.3 is 10.1 Å². The predicted octanol–water partition coefficient (Wildman–Crippen LogP) is 4.16. The van der Waals surface area contributed by atoms with Gasteiger partial charge in [-0.05, 0) is 36.1 Å².